The summed E-state index contributed by atoms with van der Waals surface area (Å²) in [6.07, 6.45) is 3.17. The standard InChI is InChI=1S/C19H20F2N2O/c20-16-9-14(10-17(21)11-16)12-22-19(24)13-23-8-4-3-6-15-5-1-2-7-18(15)23/h1-2,5,7,9-11H,3-4,6,8,12-13H2,(H,22,24). The van der Waals surface area contributed by atoms with E-state index < -0.39 is 11.6 Å². The molecule has 0 aliphatic carbocycles. The molecule has 5 heteroatoms. The second-order valence-electron chi connectivity index (χ2n) is 6.06. The summed E-state index contributed by atoms with van der Waals surface area (Å²) in [7, 11) is 0. The monoisotopic (exact) mass is 330 g/mol. The van der Waals surface area contributed by atoms with Crippen LogP contribution in [0.2, 0.25) is 0 Å². The second kappa shape index (κ2) is 7.43. The molecule has 0 bridgehead atoms. The van der Waals surface area contributed by atoms with Gasteiger partial charge >= 0.3 is 0 Å². The Hall–Kier alpha value is -2.43. The first kappa shape index (κ1) is 16.4. The van der Waals surface area contributed by atoms with E-state index >= 15 is 0 Å². The summed E-state index contributed by atoms with van der Waals surface area (Å²) in [5.41, 5.74) is 2.77. The van der Waals surface area contributed by atoms with Crippen LogP contribution in [0.1, 0.15) is 24.0 Å². The lowest BCUT2D eigenvalue weighted by Gasteiger charge is -2.24. The van der Waals surface area contributed by atoms with Crippen LogP contribution in [0.3, 0.4) is 0 Å². The number of hydrogen-bond donors (Lipinski definition) is 1. The molecule has 1 aliphatic heterocycles. The Balaban J connectivity index is 1.62. The van der Waals surface area contributed by atoms with Crippen LogP contribution in [0.25, 0.3) is 0 Å². The summed E-state index contributed by atoms with van der Waals surface area (Å²) in [4.78, 5) is 14.3. The maximum absolute atomic E-state index is 13.2. The Morgan fingerprint density at radius 3 is 2.62 bits per heavy atom. The zero-order valence-electron chi connectivity index (χ0n) is 13.4. The van der Waals surface area contributed by atoms with Crippen LogP contribution in [-0.4, -0.2) is 19.0 Å². The van der Waals surface area contributed by atoms with Gasteiger partial charge in [0, 0.05) is 24.8 Å². The number of nitrogens with zero attached hydrogens (tertiary/aromatic N) is 1. The summed E-state index contributed by atoms with van der Waals surface area (Å²) in [5, 5.41) is 2.74. The molecule has 0 saturated carbocycles. The molecule has 0 unspecified atom stereocenters. The van der Waals surface area contributed by atoms with E-state index in [1.54, 1.807) is 0 Å². The lowest BCUT2D eigenvalue weighted by atomic mass is 10.1. The lowest BCUT2D eigenvalue weighted by molar-refractivity contribution is -0.119. The van der Waals surface area contributed by atoms with Gasteiger partial charge in [-0.1, -0.05) is 18.2 Å². The third-order valence-corrected chi connectivity index (χ3v) is 4.20. The molecule has 1 amide bonds. The molecule has 2 aromatic carbocycles. The molecule has 0 saturated heterocycles. The van der Waals surface area contributed by atoms with Crippen molar-refractivity contribution in [3.63, 3.8) is 0 Å². The first-order valence-corrected chi connectivity index (χ1v) is 8.16. The third-order valence-electron chi connectivity index (χ3n) is 4.20. The van der Waals surface area contributed by atoms with Gasteiger partial charge in [-0.3, -0.25) is 4.79 Å². The van der Waals surface area contributed by atoms with Gasteiger partial charge < -0.3 is 10.2 Å². The van der Waals surface area contributed by atoms with Crippen molar-refractivity contribution in [3.05, 3.63) is 65.2 Å². The van der Waals surface area contributed by atoms with Gasteiger partial charge in [-0.15, -0.1) is 0 Å². The summed E-state index contributed by atoms with van der Waals surface area (Å²) in [5.74, 6) is -1.43. The molecule has 0 radical (unpaired) electrons. The maximum atomic E-state index is 13.2. The molecule has 3 rings (SSSR count). The number of carbonyl (C=O) groups is 1. The minimum Gasteiger partial charge on any atom is -0.362 e. The molecular formula is C19H20F2N2O. The molecular weight excluding hydrogens is 310 g/mol. The van der Waals surface area contributed by atoms with Gasteiger partial charge in [0.15, 0.2) is 0 Å². The number of anilines is 1. The number of carbonyl (C=O) groups excluding carboxylic acids is 1. The molecule has 126 valence electrons. The topological polar surface area (TPSA) is 32.3 Å². The highest BCUT2D eigenvalue weighted by Gasteiger charge is 2.17. The van der Waals surface area contributed by atoms with Gasteiger partial charge in [0.2, 0.25) is 5.91 Å². The quantitative estimate of drug-likeness (QED) is 0.931. The minimum absolute atomic E-state index is 0.114. The molecule has 24 heavy (non-hydrogen) atoms. The lowest BCUT2D eigenvalue weighted by Crippen LogP contribution is -2.37. The highest BCUT2D eigenvalue weighted by atomic mass is 19.1. The van der Waals surface area contributed by atoms with E-state index in [4.69, 9.17) is 0 Å². The van der Waals surface area contributed by atoms with Crippen molar-refractivity contribution in [2.45, 2.75) is 25.8 Å². The Morgan fingerprint density at radius 1 is 1.08 bits per heavy atom. The highest BCUT2D eigenvalue weighted by molar-refractivity contribution is 5.81. The average Bonchev–Trinajstić information content (AvgIpc) is 2.75. The maximum Gasteiger partial charge on any atom is 0.239 e. The number of benzene rings is 2. The van der Waals surface area contributed by atoms with Crippen LogP contribution in [0.15, 0.2) is 42.5 Å². The minimum atomic E-state index is -0.638. The van der Waals surface area contributed by atoms with Gasteiger partial charge in [-0.25, -0.2) is 8.78 Å². The van der Waals surface area contributed by atoms with Crippen molar-refractivity contribution in [2.24, 2.45) is 0 Å². The number of para-hydroxylation sites is 1. The summed E-state index contributed by atoms with van der Waals surface area (Å²) < 4.78 is 26.3. The molecule has 2 aromatic rings. The van der Waals surface area contributed by atoms with Gasteiger partial charge in [0.1, 0.15) is 11.6 Å². The van der Waals surface area contributed by atoms with Crippen molar-refractivity contribution in [1.82, 2.24) is 5.32 Å². The van der Waals surface area contributed by atoms with Gasteiger partial charge in [-0.05, 0) is 48.6 Å². The van der Waals surface area contributed by atoms with Gasteiger partial charge in [0.25, 0.3) is 0 Å². The number of fused-ring (bicyclic) bond motifs is 1. The van der Waals surface area contributed by atoms with Gasteiger partial charge in [0.05, 0.1) is 6.54 Å². The summed E-state index contributed by atoms with van der Waals surface area (Å²) in [6.45, 7) is 1.19. The molecule has 0 atom stereocenters. The van der Waals surface area contributed by atoms with E-state index in [0.717, 1.165) is 37.6 Å². The van der Waals surface area contributed by atoms with E-state index in [1.807, 2.05) is 18.2 Å². The number of rotatable bonds is 4. The average molecular weight is 330 g/mol. The molecule has 1 N–H and O–H groups in total. The summed E-state index contributed by atoms with van der Waals surface area (Å²) >= 11 is 0. The van der Waals surface area contributed by atoms with Crippen LogP contribution < -0.4 is 10.2 Å². The number of nitrogens with one attached hydrogen (secondary N) is 1. The Morgan fingerprint density at radius 2 is 1.83 bits per heavy atom. The fourth-order valence-electron chi connectivity index (χ4n) is 3.08. The van der Waals surface area contributed by atoms with E-state index in [-0.39, 0.29) is 19.0 Å². The Kier molecular flexibility index (Phi) is 5.08. The van der Waals surface area contributed by atoms with Crippen molar-refractivity contribution < 1.29 is 13.6 Å². The number of halogens is 2. The van der Waals surface area contributed by atoms with Crippen LogP contribution in [0, 0.1) is 11.6 Å². The van der Waals surface area contributed by atoms with Crippen LogP contribution >= 0.6 is 0 Å². The molecule has 0 fully saturated rings. The van der Waals surface area contributed by atoms with Crippen LogP contribution in [0.4, 0.5) is 14.5 Å². The predicted octanol–water partition coefficient (Wildman–Crippen LogP) is 3.42. The fraction of sp³-hybridized carbons (Fsp3) is 0.316. The Labute approximate surface area is 140 Å². The van der Waals surface area contributed by atoms with Crippen molar-refractivity contribution >= 4 is 11.6 Å². The SMILES string of the molecule is O=C(CN1CCCCc2ccccc21)NCc1cc(F)cc(F)c1. The third kappa shape index (κ3) is 4.10. The fourth-order valence-corrected chi connectivity index (χ4v) is 3.08. The first-order valence-electron chi connectivity index (χ1n) is 8.16. The van der Waals surface area contributed by atoms with Gasteiger partial charge in [-0.2, -0.15) is 0 Å². The van der Waals surface area contributed by atoms with E-state index in [1.165, 1.54) is 17.7 Å². The summed E-state index contributed by atoms with van der Waals surface area (Å²) in [6, 6.07) is 11.4. The smallest absolute Gasteiger partial charge is 0.239 e. The second-order valence-corrected chi connectivity index (χ2v) is 6.06. The normalized spacial score (nSPS) is 14.0. The first-order chi connectivity index (χ1) is 11.6. The molecule has 3 nitrogen and oxygen atoms in total. The van der Waals surface area contributed by atoms with Crippen molar-refractivity contribution in [2.75, 3.05) is 18.0 Å². The number of hydrogen-bond acceptors (Lipinski definition) is 2. The Bertz CT molecular complexity index is 713. The van der Waals surface area contributed by atoms with E-state index in [0.29, 0.717) is 5.56 Å². The largest absolute Gasteiger partial charge is 0.362 e. The highest BCUT2D eigenvalue weighted by Crippen LogP contribution is 2.25. The van der Waals surface area contributed by atoms with Crippen LogP contribution in [0.5, 0.6) is 0 Å². The molecule has 1 aliphatic rings. The molecule has 1 heterocycles. The zero-order valence-corrected chi connectivity index (χ0v) is 13.4. The number of aryl methyl sites for hydroxylation is 1. The van der Waals surface area contributed by atoms with E-state index in [9.17, 15) is 13.6 Å². The molecule has 0 spiro atoms. The van der Waals surface area contributed by atoms with E-state index in [2.05, 4.69) is 16.3 Å². The number of amides is 1. The van der Waals surface area contributed by atoms with Crippen molar-refractivity contribution in [3.8, 4) is 0 Å². The zero-order chi connectivity index (χ0) is 16.9. The van der Waals surface area contributed by atoms with Crippen molar-refractivity contribution in [1.29, 1.82) is 0 Å². The molecule has 0 aromatic heterocycles. The predicted molar refractivity (Wildman–Crippen MR) is 89.8 cm³/mol. The van der Waals surface area contributed by atoms with Crippen LogP contribution in [-0.2, 0) is 17.8 Å².